The molecule has 6 heteroatoms. The summed E-state index contributed by atoms with van der Waals surface area (Å²) in [5.74, 6) is -13.8. The van der Waals surface area contributed by atoms with Crippen molar-refractivity contribution in [3.8, 4) is 0 Å². The van der Waals surface area contributed by atoms with E-state index in [-0.39, 0.29) is 13.8 Å². The lowest BCUT2D eigenvalue weighted by Gasteiger charge is -2.30. The van der Waals surface area contributed by atoms with Crippen molar-refractivity contribution in [1.29, 1.82) is 0 Å². The second kappa shape index (κ2) is 2.30. The highest BCUT2D eigenvalue weighted by Crippen LogP contribution is 2.41. The van der Waals surface area contributed by atoms with Gasteiger partial charge in [-0.3, -0.25) is 0 Å². The molecule has 68 valence electrons. The van der Waals surface area contributed by atoms with Gasteiger partial charge in [-0.2, -0.15) is 4.39 Å². The van der Waals surface area contributed by atoms with Crippen molar-refractivity contribution in [2.24, 2.45) is 0 Å². The Morgan fingerprint density at radius 2 is 1.00 bits per heavy atom. The minimum absolute atomic E-state index is 0.121. The van der Waals surface area contributed by atoms with Gasteiger partial charge in [0.15, 0.2) is 0 Å². The topological polar surface area (TPSA) is 20.2 Å². The Morgan fingerprint density at radius 3 is 1.00 bits per heavy atom. The third-order valence-corrected chi connectivity index (χ3v) is 1.16. The zero-order valence-electron chi connectivity index (χ0n) is 5.84. The Hall–Kier alpha value is -0.390. The molecule has 0 aliphatic carbocycles. The molecule has 0 heterocycles. The van der Waals surface area contributed by atoms with Crippen molar-refractivity contribution < 1.29 is 27.1 Å². The van der Waals surface area contributed by atoms with Gasteiger partial charge in [0, 0.05) is 13.8 Å². The van der Waals surface area contributed by atoms with Crippen LogP contribution in [0.15, 0.2) is 0 Å². The predicted molar refractivity (Wildman–Crippen MR) is 27.3 cm³/mol. The van der Waals surface area contributed by atoms with Gasteiger partial charge in [-0.15, -0.1) is 0 Å². The Balaban J connectivity index is 4.75. The summed E-state index contributed by atoms with van der Waals surface area (Å²) in [7, 11) is 0. The van der Waals surface area contributed by atoms with Gasteiger partial charge < -0.3 is 5.11 Å². The van der Waals surface area contributed by atoms with E-state index in [9.17, 15) is 22.0 Å². The molecule has 0 saturated heterocycles. The van der Waals surface area contributed by atoms with Crippen LogP contribution in [0.25, 0.3) is 0 Å². The maximum Gasteiger partial charge on any atom is 0.334 e. The molecule has 0 atom stereocenters. The molecule has 11 heavy (non-hydrogen) atoms. The molecular formula is C5H7F5O. The van der Waals surface area contributed by atoms with Gasteiger partial charge in [0.1, 0.15) is 0 Å². The lowest BCUT2D eigenvalue weighted by atomic mass is 10.1. The molecule has 0 amide bonds. The molecular weight excluding hydrogens is 171 g/mol. The fourth-order valence-electron chi connectivity index (χ4n) is 0.385. The number of hydrogen-bond acceptors (Lipinski definition) is 1. The van der Waals surface area contributed by atoms with Crippen LogP contribution in [0.1, 0.15) is 13.8 Å². The SMILES string of the molecule is CC(F)(F)C(O)(F)C(C)(F)F. The molecule has 0 aromatic carbocycles. The normalized spacial score (nSPS) is 15.3. The van der Waals surface area contributed by atoms with E-state index in [2.05, 4.69) is 0 Å². The van der Waals surface area contributed by atoms with Crippen molar-refractivity contribution in [3.05, 3.63) is 0 Å². The second-order valence-electron chi connectivity index (χ2n) is 2.40. The molecule has 0 aliphatic heterocycles. The summed E-state index contributed by atoms with van der Waals surface area (Å²) >= 11 is 0. The van der Waals surface area contributed by atoms with Crippen molar-refractivity contribution in [2.45, 2.75) is 31.5 Å². The Labute approximate surface area is 59.8 Å². The Morgan fingerprint density at radius 1 is 0.818 bits per heavy atom. The van der Waals surface area contributed by atoms with E-state index >= 15 is 0 Å². The zero-order chi connectivity index (χ0) is 9.50. The van der Waals surface area contributed by atoms with Crippen molar-refractivity contribution in [3.63, 3.8) is 0 Å². The van der Waals surface area contributed by atoms with E-state index in [1.54, 1.807) is 0 Å². The van der Waals surface area contributed by atoms with Crippen molar-refractivity contribution >= 4 is 0 Å². The Kier molecular flexibility index (Phi) is 2.22. The zero-order valence-corrected chi connectivity index (χ0v) is 5.84. The van der Waals surface area contributed by atoms with E-state index < -0.39 is 17.7 Å². The van der Waals surface area contributed by atoms with E-state index in [4.69, 9.17) is 5.11 Å². The predicted octanol–water partition coefficient (Wildman–Crippen LogP) is 1.95. The van der Waals surface area contributed by atoms with Crippen LogP contribution < -0.4 is 0 Å². The highest BCUT2D eigenvalue weighted by molar-refractivity contribution is 4.90. The second-order valence-corrected chi connectivity index (χ2v) is 2.40. The van der Waals surface area contributed by atoms with E-state index in [0.717, 1.165) is 0 Å². The number of alkyl halides is 5. The average Bonchev–Trinajstić information content (AvgIpc) is 1.58. The molecule has 1 nitrogen and oxygen atoms in total. The van der Waals surface area contributed by atoms with Gasteiger partial charge in [0.2, 0.25) is 0 Å². The largest absolute Gasteiger partial charge is 0.353 e. The lowest BCUT2D eigenvalue weighted by molar-refractivity contribution is -0.333. The van der Waals surface area contributed by atoms with Crippen LogP contribution in [0.4, 0.5) is 22.0 Å². The summed E-state index contributed by atoms with van der Waals surface area (Å²) in [6.07, 6.45) is 0. The van der Waals surface area contributed by atoms with Gasteiger partial charge in [-0.25, -0.2) is 17.6 Å². The number of aliphatic hydroxyl groups is 1. The summed E-state index contributed by atoms with van der Waals surface area (Å²) < 4.78 is 59.7. The quantitative estimate of drug-likeness (QED) is 0.641. The van der Waals surface area contributed by atoms with Gasteiger partial charge in [0.05, 0.1) is 0 Å². The lowest BCUT2D eigenvalue weighted by Crippen LogP contribution is -2.54. The van der Waals surface area contributed by atoms with Crippen LogP contribution in [0.5, 0.6) is 0 Å². The fraction of sp³-hybridized carbons (Fsp3) is 1.00. The molecule has 0 bridgehead atoms. The fourth-order valence-corrected chi connectivity index (χ4v) is 0.385. The van der Waals surface area contributed by atoms with Crippen LogP contribution in [0.2, 0.25) is 0 Å². The first kappa shape index (κ1) is 10.6. The molecule has 0 aromatic heterocycles. The summed E-state index contributed by atoms with van der Waals surface area (Å²) in [6, 6.07) is 0. The van der Waals surface area contributed by atoms with Gasteiger partial charge in [-0.1, -0.05) is 0 Å². The standard InChI is InChI=1S/C5H7F5O/c1-3(6,7)5(10,11)4(2,8)9/h11H,1-2H3. The van der Waals surface area contributed by atoms with Crippen LogP contribution in [-0.4, -0.2) is 22.8 Å². The third-order valence-electron chi connectivity index (χ3n) is 1.16. The third kappa shape index (κ3) is 1.79. The molecule has 0 radical (unpaired) electrons. The van der Waals surface area contributed by atoms with Crippen LogP contribution in [0.3, 0.4) is 0 Å². The highest BCUT2D eigenvalue weighted by atomic mass is 19.3. The summed E-state index contributed by atoms with van der Waals surface area (Å²) in [4.78, 5) is 0. The first-order chi connectivity index (χ1) is 4.50. The molecule has 0 aromatic rings. The summed E-state index contributed by atoms with van der Waals surface area (Å²) in [6.45, 7) is -0.241. The molecule has 0 unspecified atom stereocenters. The molecule has 0 fully saturated rings. The van der Waals surface area contributed by atoms with E-state index in [1.165, 1.54) is 0 Å². The first-order valence-corrected chi connectivity index (χ1v) is 2.67. The van der Waals surface area contributed by atoms with E-state index in [1.807, 2.05) is 0 Å². The minimum atomic E-state index is -4.79. The Bertz CT molecular complexity index is 126. The van der Waals surface area contributed by atoms with Gasteiger partial charge in [-0.05, 0) is 0 Å². The van der Waals surface area contributed by atoms with Gasteiger partial charge in [0.25, 0.3) is 0 Å². The maximum absolute atomic E-state index is 12.2. The van der Waals surface area contributed by atoms with Crippen LogP contribution >= 0.6 is 0 Å². The average molecular weight is 178 g/mol. The molecule has 0 aliphatic rings. The highest BCUT2D eigenvalue weighted by Gasteiger charge is 2.64. The molecule has 0 rings (SSSR count). The van der Waals surface area contributed by atoms with Crippen LogP contribution in [0, 0.1) is 0 Å². The molecule has 0 saturated carbocycles. The number of hydrogen-bond donors (Lipinski definition) is 1. The summed E-state index contributed by atoms with van der Waals surface area (Å²) in [5.41, 5.74) is 0. The summed E-state index contributed by atoms with van der Waals surface area (Å²) in [5, 5.41) is 8.02. The molecule has 1 N–H and O–H groups in total. The van der Waals surface area contributed by atoms with Crippen molar-refractivity contribution in [2.75, 3.05) is 0 Å². The number of rotatable bonds is 2. The van der Waals surface area contributed by atoms with Gasteiger partial charge >= 0.3 is 17.7 Å². The molecule has 0 spiro atoms. The smallest absolute Gasteiger partial charge is 0.334 e. The van der Waals surface area contributed by atoms with Crippen LogP contribution in [-0.2, 0) is 0 Å². The minimum Gasteiger partial charge on any atom is -0.353 e. The first-order valence-electron chi connectivity index (χ1n) is 2.67. The monoisotopic (exact) mass is 178 g/mol. The number of halogens is 5. The van der Waals surface area contributed by atoms with Crippen molar-refractivity contribution in [1.82, 2.24) is 0 Å². The maximum atomic E-state index is 12.2. The van der Waals surface area contributed by atoms with E-state index in [0.29, 0.717) is 0 Å².